The Morgan fingerprint density at radius 1 is 1.00 bits per heavy atom. The van der Waals surface area contributed by atoms with Gasteiger partial charge in [-0.3, -0.25) is 24.9 Å². The smallest absolute Gasteiger partial charge is 0.290 e. The Bertz CT molecular complexity index is 1540. The molecule has 5 heterocycles. The van der Waals surface area contributed by atoms with Crippen LogP contribution in [0.1, 0.15) is 24.1 Å². The van der Waals surface area contributed by atoms with Gasteiger partial charge in [-0.1, -0.05) is 24.3 Å². The molecule has 2 saturated heterocycles. The Kier molecular flexibility index (Phi) is 7.29. The molecule has 196 valence electrons. The zero-order chi connectivity index (χ0) is 26.6. The lowest BCUT2D eigenvalue weighted by atomic mass is 9.97. The highest BCUT2D eigenvalue weighted by Gasteiger charge is 2.25. The summed E-state index contributed by atoms with van der Waals surface area (Å²) >= 11 is 0.890. The summed E-state index contributed by atoms with van der Waals surface area (Å²) in [4.78, 5) is 43.9. The molecule has 39 heavy (non-hydrogen) atoms. The molecular formula is C29H27N7O2S. The van der Waals surface area contributed by atoms with Gasteiger partial charge in [-0.05, 0) is 73.0 Å². The predicted molar refractivity (Wildman–Crippen MR) is 153 cm³/mol. The molecule has 0 aliphatic carbocycles. The van der Waals surface area contributed by atoms with Crippen molar-refractivity contribution in [3.8, 4) is 11.3 Å². The van der Waals surface area contributed by atoms with E-state index in [1.807, 2.05) is 36.7 Å². The van der Waals surface area contributed by atoms with Crippen LogP contribution in [0.4, 0.5) is 10.7 Å². The van der Waals surface area contributed by atoms with Crippen LogP contribution in [0.15, 0.2) is 72.0 Å². The van der Waals surface area contributed by atoms with Crippen LogP contribution in [-0.4, -0.2) is 50.7 Å². The summed E-state index contributed by atoms with van der Waals surface area (Å²) in [6.07, 6.45) is 9.19. The molecule has 6 rings (SSSR count). The van der Waals surface area contributed by atoms with E-state index in [1.54, 1.807) is 18.3 Å². The van der Waals surface area contributed by atoms with Gasteiger partial charge in [-0.2, -0.15) is 0 Å². The van der Waals surface area contributed by atoms with Crippen molar-refractivity contribution in [1.29, 1.82) is 0 Å². The van der Waals surface area contributed by atoms with Gasteiger partial charge >= 0.3 is 0 Å². The Hall–Kier alpha value is -4.15. The van der Waals surface area contributed by atoms with Gasteiger partial charge in [0, 0.05) is 49.2 Å². The van der Waals surface area contributed by atoms with Crippen LogP contribution in [-0.2, 0) is 11.3 Å². The summed E-state index contributed by atoms with van der Waals surface area (Å²) in [5.74, 6) is 0.845. The number of rotatable bonds is 7. The number of carbonyl (C=O) groups excluding carboxylic acids is 2. The first-order valence-corrected chi connectivity index (χ1v) is 13.8. The minimum atomic E-state index is -0.382. The third kappa shape index (κ3) is 5.81. The van der Waals surface area contributed by atoms with E-state index in [9.17, 15) is 9.59 Å². The maximum atomic E-state index is 11.8. The third-order valence-electron chi connectivity index (χ3n) is 6.99. The van der Waals surface area contributed by atoms with Gasteiger partial charge in [0.1, 0.15) is 0 Å². The van der Waals surface area contributed by atoms with Crippen molar-refractivity contribution < 1.29 is 9.59 Å². The number of nitrogens with one attached hydrogen (secondary N) is 2. The monoisotopic (exact) mass is 537 g/mol. The number of thioether (sulfide) groups is 1. The number of anilines is 1. The van der Waals surface area contributed by atoms with Crippen molar-refractivity contribution in [1.82, 2.24) is 30.6 Å². The Balaban J connectivity index is 0.995. The van der Waals surface area contributed by atoms with E-state index >= 15 is 0 Å². The normalized spacial score (nSPS) is 17.2. The molecule has 1 aromatic carbocycles. The fourth-order valence-corrected chi connectivity index (χ4v) is 5.58. The molecule has 4 aromatic rings. The third-order valence-corrected chi connectivity index (χ3v) is 7.81. The lowest BCUT2D eigenvalue weighted by Gasteiger charge is -2.32. The lowest BCUT2D eigenvalue weighted by Crippen LogP contribution is -2.38. The average molecular weight is 538 g/mol. The number of nitrogens with zero attached hydrogens (tertiary/aromatic N) is 5. The van der Waals surface area contributed by atoms with E-state index in [0.717, 1.165) is 78.5 Å². The van der Waals surface area contributed by atoms with Gasteiger partial charge < -0.3 is 10.2 Å². The molecular weight excluding hydrogens is 510 g/mol. The number of pyridine rings is 2. The number of carbonyl (C=O) groups is 2. The van der Waals surface area contributed by atoms with Crippen molar-refractivity contribution >= 4 is 45.8 Å². The lowest BCUT2D eigenvalue weighted by molar-refractivity contribution is -0.115. The quantitative estimate of drug-likeness (QED) is 0.331. The molecule has 2 amide bonds. The van der Waals surface area contributed by atoms with Crippen LogP contribution in [0.5, 0.6) is 0 Å². The summed E-state index contributed by atoms with van der Waals surface area (Å²) in [6.45, 7) is 3.46. The van der Waals surface area contributed by atoms with E-state index in [4.69, 9.17) is 4.98 Å². The highest BCUT2D eigenvalue weighted by Crippen LogP contribution is 2.27. The second-order valence-electron chi connectivity index (χ2n) is 9.62. The standard InChI is InChI=1S/C29H27N7O2S/c37-27-26(39-29(38)35-27)15-21-7-11-32-28(34-21)36-13-9-19(10-14-36)16-30-17-20-5-6-25(33-18-20)23-8-12-31-24-4-2-1-3-22(23)24/h1-8,11-12,15,18-19,30H,9-10,13-14,16-17H2,(H,35,37,38). The summed E-state index contributed by atoms with van der Waals surface area (Å²) in [6, 6.07) is 16.1. The molecule has 0 saturated carbocycles. The summed E-state index contributed by atoms with van der Waals surface area (Å²) in [5.41, 5.74) is 4.79. The second kappa shape index (κ2) is 11.3. The average Bonchev–Trinajstić information content (AvgIpc) is 3.29. The number of amides is 2. The SMILES string of the molecule is O=C1NC(=O)C(=Cc2ccnc(N3CCC(CNCc4ccc(-c5ccnc6ccccc56)nc4)CC3)n2)S1. The first-order chi connectivity index (χ1) is 19.1. The summed E-state index contributed by atoms with van der Waals surface area (Å²) < 4.78 is 0. The van der Waals surface area contributed by atoms with E-state index < -0.39 is 0 Å². The van der Waals surface area contributed by atoms with Crippen molar-refractivity contribution in [2.75, 3.05) is 24.5 Å². The van der Waals surface area contributed by atoms with Gasteiger partial charge in [-0.25, -0.2) is 9.97 Å². The van der Waals surface area contributed by atoms with Gasteiger partial charge in [0.2, 0.25) is 5.95 Å². The maximum Gasteiger partial charge on any atom is 0.290 e. The number of para-hydroxylation sites is 1. The Morgan fingerprint density at radius 3 is 2.64 bits per heavy atom. The highest BCUT2D eigenvalue weighted by molar-refractivity contribution is 8.18. The summed E-state index contributed by atoms with van der Waals surface area (Å²) in [7, 11) is 0. The minimum Gasteiger partial charge on any atom is -0.341 e. The van der Waals surface area contributed by atoms with Crippen LogP contribution in [0.25, 0.3) is 28.2 Å². The number of benzene rings is 1. The first-order valence-electron chi connectivity index (χ1n) is 12.9. The topological polar surface area (TPSA) is 113 Å². The molecule has 0 unspecified atom stereocenters. The molecule has 2 aliphatic rings. The Morgan fingerprint density at radius 2 is 1.85 bits per heavy atom. The number of imide groups is 1. The van der Waals surface area contributed by atoms with E-state index in [2.05, 4.69) is 48.7 Å². The van der Waals surface area contributed by atoms with Crippen LogP contribution >= 0.6 is 11.8 Å². The van der Waals surface area contributed by atoms with Crippen LogP contribution in [0, 0.1) is 5.92 Å². The van der Waals surface area contributed by atoms with Gasteiger partial charge in [0.05, 0.1) is 21.8 Å². The number of hydrogen-bond donors (Lipinski definition) is 2. The van der Waals surface area contributed by atoms with E-state index in [0.29, 0.717) is 22.5 Å². The molecule has 2 N–H and O–H groups in total. The predicted octanol–water partition coefficient (Wildman–Crippen LogP) is 4.42. The fraction of sp³-hybridized carbons (Fsp3) is 0.241. The molecule has 9 nitrogen and oxygen atoms in total. The number of hydrogen-bond acceptors (Lipinski definition) is 9. The number of aromatic nitrogens is 4. The van der Waals surface area contributed by atoms with Crippen molar-refractivity contribution in [2.45, 2.75) is 19.4 Å². The molecule has 0 spiro atoms. The van der Waals surface area contributed by atoms with Crippen LogP contribution < -0.4 is 15.5 Å². The second-order valence-corrected chi connectivity index (χ2v) is 10.6. The molecule has 2 aliphatic heterocycles. The van der Waals surface area contributed by atoms with Crippen molar-refractivity contribution in [3.05, 3.63) is 83.3 Å². The molecule has 0 atom stereocenters. The van der Waals surface area contributed by atoms with E-state index in [-0.39, 0.29) is 11.1 Å². The Labute approximate surface area is 230 Å². The fourth-order valence-electron chi connectivity index (χ4n) is 4.92. The van der Waals surface area contributed by atoms with Gasteiger partial charge in [-0.15, -0.1) is 0 Å². The molecule has 0 bridgehead atoms. The largest absolute Gasteiger partial charge is 0.341 e. The van der Waals surface area contributed by atoms with Gasteiger partial charge in [0.15, 0.2) is 0 Å². The number of fused-ring (bicyclic) bond motifs is 1. The first kappa shape index (κ1) is 25.1. The summed E-state index contributed by atoms with van der Waals surface area (Å²) in [5, 5.41) is 6.61. The van der Waals surface area contributed by atoms with Gasteiger partial charge in [0.25, 0.3) is 11.1 Å². The van der Waals surface area contributed by atoms with Crippen LogP contribution in [0.3, 0.4) is 0 Å². The highest BCUT2D eigenvalue weighted by atomic mass is 32.2. The molecule has 3 aromatic heterocycles. The zero-order valence-electron chi connectivity index (χ0n) is 21.2. The van der Waals surface area contributed by atoms with Crippen molar-refractivity contribution in [2.24, 2.45) is 5.92 Å². The van der Waals surface area contributed by atoms with E-state index in [1.165, 1.54) is 0 Å². The number of piperidine rings is 1. The van der Waals surface area contributed by atoms with Crippen molar-refractivity contribution in [3.63, 3.8) is 0 Å². The molecule has 2 fully saturated rings. The zero-order valence-corrected chi connectivity index (χ0v) is 22.0. The maximum absolute atomic E-state index is 11.8. The van der Waals surface area contributed by atoms with Crippen LogP contribution in [0.2, 0.25) is 0 Å². The molecule has 10 heteroatoms. The molecule has 0 radical (unpaired) electrons. The minimum absolute atomic E-state index is 0.352.